The first-order valence-electron chi connectivity index (χ1n) is 6.13. The van der Waals surface area contributed by atoms with Gasteiger partial charge in [-0.2, -0.15) is 0 Å². The fourth-order valence-corrected chi connectivity index (χ4v) is 2.26. The lowest BCUT2D eigenvalue weighted by Gasteiger charge is -2.32. The monoisotopic (exact) mass is 236 g/mol. The molecule has 1 aliphatic rings. The number of ether oxygens (including phenoxy) is 1. The first-order chi connectivity index (χ1) is 8.33. The number of piperidine rings is 1. The van der Waals surface area contributed by atoms with E-state index < -0.39 is 0 Å². The summed E-state index contributed by atoms with van der Waals surface area (Å²) in [6, 6.07) is 3.92. The van der Waals surface area contributed by atoms with Gasteiger partial charge in [-0.1, -0.05) is 6.07 Å². The highest BCUT2D eigenvalue weighted by atomic mass is 16.5. The van der Waals surface area contributed by atoms with Crippen molar-refractivity contribution in [1.29, 1.82) is 0 Å². The Balaban J connectivity index is 1.91. The smallest absolute Gasteiger partial charge is 0.128 e. The fourth-order valence-electron chi connectivity index (χ4n) is 2.26. The van der Waals surface area contributed by atoms with E-state index >= 15 is 0 Å². The molecule has 0 aliphatic carbocycles. The van der Waals surface area contributed by atoms with E-state index in [1.165, 1.54) is 0 Å². The van der Waals surface area contributed by atoms with Gasteiger partial charge in [-0.3, -0.25) is 0 Å². The molecule has 1 N–H and O–H groups in total. The second kappa shape index (κ2) is 5.98. The molecule has 0 aromatic carbocycles. The average molecular weight is 236 g/mol. The van der Waals surface area contributed by atoms with Crippen LogP contribution in [-0.4, -0.2) is 36.9 Å². The summed E-state index contributed by atoms with van der Waals surface area (Å²) in [5.41, 5.74) is 0.864. The largest absolute Gasteiger partial charge is 0.392 e. The van der Waals surface area contributed by atoms with Crippen molar-refractivity contribution >= 4 is 5.82 Å². The minimum Gasteiger partial charge on any atom is -0.392 e. The Kier molecular flexibility index (Phi) is 4.34. The molecule has 1 aromatic rings. The van der Waals surface area contributed by atoms with Gasteiger partial charge in [0.1, 0.15) is 5.82 Å². The van der Waals surface area contributed by atoms with Gasteiger partial charge in [-0.15, -0.1) is 0 Å². The summed E-state index contributed by atoms with van der Waals surface area (Å²) >= 11 is 0. The number of aliphatic hydroxyl groups excluding tert-OH is 1. The molecule has 2 rings (SSSR count). The van der Waals surface area contributed by atoms with Crippen molar-refractivity contribution in [1.82, 2.24) is 4.98 Å². The Bertz CT molecular complexity index is 332. The molecule has 0 radical (unpaired) electrons. The van der Waals surface area contributed by atoms with E-state index in [0.29, 0.717) is 5.92 Å². The van der Waals surface area contributed by atoms with Crippen LogP contribution in [0, 0.1) is 5.92 Å². The molecule has 0 amide bonds. The molecule has 0 atom stereocenters. The van der Waals surface area contributed by atoms with Gasteiger partial charge in [0.15, 0.2) is 0 Å². The molecule has 1 aromatic heterocycles. The average Bonchev–Trinajstić information content (AvgIpc) is 2.40. The lowest BCUT2D eigenvalue weighted by Crippen LogP contribution is -2.35. The summed E-state index contributed by atoms with van der Waals surface area (Å²) < 4.78 is 5.19. The predicted octanol–water partition coefficient (Wildman–Crippen LogP) is 1.44. The number of nitrogens with zero attached hydrogens (tertiary/aromatic N) is 2. The lowest BCUT2D eigenvalue weighted by molar-refractivity contribution is 0.139. The van der Waals surface area contributed by atoms with Gasteiger partial charge in [0.05, 0.1) is 6.61 Å². The van der Waals surface area contributed by atoms with Crippen LogP contribution < -0.4 is 4.90 Å². The van der Waals surface area contributed by atoms with E-state index in [4.69, 9.17) is 9.84 Å². The molecule has 2 heterocycles. The molecule has 4 nitrogen and oxygen atoms in total. The van der Waals surface area contributed by atoms with E-state index in [2.05, 4.69) is 9.88 Å². The van der Waals surface area contributed by atoms with Gasteiger partial charge in [0.2, 0.25) is 0 Å². The zero-order valence-corrected chi connectivity index (χ0v) is 10.3. The molecular weight excluding hydrogens is 216 g/mol. The molecule has 0 unspecified atom stereocenters. The molecule has 0 spiro atoms. The predicted molar refractivity (Wildman–Crippen MR) is 67.0 cm³/mol. The van der Waals surface area contributed by atoms with Crippen LogP contribution >= 0.6 is 0 Å². The standard InChI is InChI=1S/C13H20N2O2/c1-17-10-11-4-6-15(7-5-11)13-3-2-12(9-16)8-14-13/h2-3,8,11,16H,4-7,9-10H2,1H3. The van der Waals surface area contributed by atoms with Crippen LogP contribution in [0.3, 0.4) is 0 Å². The summed E-state index contributed by atoms with van der Waals surface area (Å²) in [4.78, 5) is 6.68. The molecule has 0 saturated carbocycles. The van der Waals surface area contributed by atoms with Gasteiger partial charge >= 0.3 is 0 Å². The number of rotatable bonds is 4. The highest BCUT2D eigenvalue weighted by Crippen LogP contribution is 2.21. The molecule has 1 aliphatic heterocycles. The van der Waals surface area contributed by atoms with Crippen LogP contribution in [0.4, 0.5) is 5.82 Å². The number of hydrogen-bond acceptors (Lipinski definition) is 4. The second-order valence-corrected chi connectivity index (χ2v) is 4.57. The summed E-state index contributed by atoms with van der Waals surface area (Å²) in [7, 11) is 1.77. The molecular formula is C13H20N2O2. The molecule has 4 heteroatoms. The summed E-state index contributed by atoms with van der Waals surface area (Å²) in [5, 5.41) is 8.97. The molecule has 17 heavy (non-hydrogen) atoms. The number of pyridine rings is 1. The van der Waals surface area contributed by atoms with Crippen LogP contribution in [-0.2, 0) is 11.3 Å². The Morgan fingerprint density at radius 3 is 2.71 bits per heavy atom. The number of hydrogen-bond donors (Lipinski definition) is 1. The van der Waals surface area contributed by atoms with Crippen molar-refractivity contribution in [2.24, 2.45) is 5.92 Å². The second-order valence-electron chi connectivity index (χ2n) is 4.57. The van der Waals surface area contributed by atoms with Gasteiger partial charge < -0.3 is 14.7 Å². The zero-order valence-electron chi connectivity index (χ0n) is 10.3. The third kappa shape index (κ3) is 3.17. The SMILES string of the molecule is COCC1CCN(c2ccc(CO)cn2)CC1. The van der Waals surface area contributed by atoms with Crippen molar-refractivity contribution in [2.75, 3.05) is 31.7 Å². The zero-order chi connectivity index (χ0) is 12.1. The minimum absolute atomic E-state index is 0.0587. The third-order valence-electron chi connectivity index (χ3n) is 3.33. The molecule has 1 saturated heterocycles. The lowest BCUT2D eigenvalue weighted by atomic mass is 9.98. The van der Waals surface area contributed by atoms with Crippen molar-refractivity contribution in [3.05, 3.63) is 23.9 Å². The third-order valence-corrected chi connectivity index (χ3v) is 3.33. The Labute approximate surface area is 102 Å². The van der Waals surface area contributed by atoms with Gasteiger partial charge in [-0.05, 0) is 30.4 Å². The van der Waals surface area contributed by atoms with Crippen LogP contribution in [0.5, 0.6) is 0 Å². The van der Waals surface area contributed by atoms with Crippen molar-refractivity contribution in [3.8, 4) is 0 Å². The number of aromatic nitrogens is 1. The fraction of sp³-hybridized carbons (Fsp3) is 0.615. The van der Waals surface area contributed by atoms with E-state index in [0.717, 1.165) is 43.9 Å². The van der Waals surface area contributed by atoms with Crippen LogP contribution in [0.2, 0.25) is 0 Å². The summed E-state index contributed by atoms with van der Waals surface area (Å²) in [5.74, 6) is 1.70. The van der Waals surface area contributed by atoms with Crippen LogP contribution in [0.15, 0.2) is 18.3 Å². The maximum Gasteiger partial charge on any atom is 0.128 e. The van der Waals surface area contributed by atoms with Crippen molar-refractivity contribution in [2.45, 2.75) is 19.4 Å². The van der Waals surface area contributed by atoms with E-state index in [-0.39, 0.29) is 6.61 Å². The van der Waals surface area contributed by atoms with Crippen LogP contribution in [0.25, 0.3) is 0 Å². The van der Waals surface area contributed by atoms with Gasteiger partial charge in [0.25, 0.3) is 0 Å². The first-order valence-corrected chi connectivity index (χ1v) is 6.13. The summed E-state index contributed by atoms with van der Waals surface area (Å²) in [6.45, 7) is 3.01. The normalized spacial score (nSPS) is 17.4. The number of methoxy groups -OCH3 is 1. The van der Waals surface area contributed by atoms with E-state index in [1.807, 2.05) is 12.1 Å². The first kappa shape index (κ1) is 12.3. The molecule has 1 fully saturated rings. The van der Waals surface area contributed by atoms with Gasteiger partial charge in [0, 0.05) is 33.0 Å². The van der Waals surface area contributed by atoms with Crippen molar-refractivity contribution < 1.29 is 9.84 Å². The number of aliphatic hydroxyl groups is 1. The quantitative estimate of drug-likeness (QED) is 0.859. The molecule has 0 bridgehead atoms. The van der Waals surface area contributed by atoms with Crippen molar-refractivity contribution in [3.63, 3.8) is 0 Å². The highest BCUT2D eigenvalue weighted by Gasteiger charge is 2.19. The Morgan fingerprint density at radius 1 is 1.41 bits per heavy atom. The summed E-state index contributed by atoms with van der Waals surface area (Å²) in [6.07, 6.45) is 4.07. The van der Waals surface area contributed by atoms with E-state index in [1.54, 1.807) is 13.3 Å². The Hall–Kier alpha value is -1.13. The molecule has 94 valence electrons. The maximum atomic E-state index is 8.97. The maximum absolute atomic E-state index is 8.97. The topological polar surface area (TPSA) is 45.6 Å². The van der Waals surface area contributed by atoms with E-state index in [9.17, 15) is 0 Å². The number of anilines is 1. The van der Waals surface area contributed by atoms with Crippen LogP contribution in [0.1, 0.15) is 18.4 Å². The minimum atomic E-state index is 0.0587. The van der Waals surface area contributed by atoms with Gasteiger partial charge in [-0.25, -0.2) is 4.98 Å². The Morgan fingerprint density at radius 2 is 2.18 bits per heavy atom. The highest BCUT2D eigenvalue weighted by molar-refractivity contribution is 5.39.